The Morgan fingerprint density at radius 3 is 2.67 bits per heavy atom. The van der Waals surface area contributed by atoms with Gasteiger partial charge in [0.05, 0.1) is 10.0 Å². The van der Waals surface area contributed by atoms with Crippen LogP contribution in [0.15, 0.2) is 36.4 Å². The molecule has 5 heteroatoms. The van der Waals surface area contributed by atoms with Crippen molar-refractivity contribution in [1.82, 2.24) is 5.32 Å². The minimum Gasteiger partial charge on any atom is -0.399 e. The van der Waals surface area contributed by atoms with E-state index < -0.39 is 0 Å². The number of rotatable bonds is 2. The van der Waals surface area contributed by atoms with Crippen molar-refractivity contribution in [3.8, 4) is 11.1 Å². The van der Waals surface area contributed by atoms with Crippen molar-refractivity contribution >= 4 is 34.6 Å². The van der Waals surface area contributed by atoms with Gasteiger partial charge in [0.1, 0.15) is 0 Å². The number of hydrogen-bond donors (Lipinski definition) is 2. The van der Waals surface area contributed by atoms with E-state index in [9.17, 15) is 0 Å². The molecule has 2 fully saturated rings. The highest BCUT2D eigenvalue weighted by Gasteiger charge is 2.34. The third kappa shape index (κ3) is 3.08. The van der Waals surface area contributed by atoms with Gasteiger partial charge in [-0.1, -0.05) is 29.3 Å². The molecule has 0 aromatic heterocycles. The fourth-order valence-corrected chi connectivity index (χ4v) is 4.22. The van der Waals surface area contributed by atoms with Gasteiger partial charge in [-0.05, 0) is 66.8 Å². The zero-order valence-corrected chi connectivity index (χ0v) is 14.9. The van der Waals surface area contributed by atoms with Crippen LogP contribution in [0.4, 0.5) is 11.4 Å². The molecule has 24 heavy (non-hydrogen) atoms. The van der Waals surface area contributed by atoms with Gasteiger partial charge in [-0.3, -0.25) is 0 Å². The van der Waals surface area contributed by atoms with E-state index in [1.165, 1.54) is 18.5 Å². The third-order valence-electron chi connectivity index (χ3n) is 5.16. The number of piperidine rings is 1. The molecule has 0 unspecified atom stereocenters. The second-order valence-electron chi connectivity index (χ2n) is 6.81. The van der Waals surface area contributed by atoms with Crippen LogP contribution in [0.25, 0.3) is 11.1 Å². The molecule has 4 rings (SSSR count). The molecular weight excluding hydrogens is 341 g/mol. The summed E-state index contributed by atoms with van der Waals surface area (Å²) < 4.78 is 0. The molecule has 0 bridgehead atoms. The van der Waals surface area contributed by atoms with Crippen LogP contribution in [-0.4, -0.2) is 25.7 Å². The van der Waals surface area contributed by atoms with Gasteiger partial charge in [0.15, 0.2) is 0 Å². The van der Waals surface area contributed by atoms with E-state index >= 15 is 0 Å². The first-order valence-corrected chi connectivity index (χ1v) is 9.20. The monoisotopic (exact) mass is 361 g/mol. The Morgan fingerprint density at radius 2 is 1.88 bits per heavy atom. The van der Waals surface area contributed by atoms with Gasteiger partial charge in [-0.25, -0.2) is 0 Å². The summed E-state index contributed by atoms with van der Waals surface area (Å²) in [4.78, 5) is 2.45. The molecule has 0 saturated carbocycles. The molecule has 3 nitrogen and oxygen atoms in total. The van der Waals surface area contributed by atoms with Gasteiger partial charge in [0.25, 0.3) is 0 Å². The number of anilines is 2. The summed E-state index contributed by atoms with van der Waals surface area (Å²) in [5.41, 5.74) is 10.2. The molecule has 2 aromatic rings. The molecule has 0 aliphatic carbocycles. The average Bonchev–Trinajstić information content (AvgIpc) is 3.01. The van der Waals surface area contributed by atoms with Crippen molar-refractivity contribution in [1.29, 1.82) is 0 Å². The van der Waals surface area contributed by atoms with Crippen LogP contribution < -0.4 is 16.0 Å². The predicted molar refractivity (Wildman–Crippen MR) is 103 cm³/mol. The predicted octanol–water partition coefficient (Wildman–Crippen LogP) is 4.43. The minimum absolute atomic E-state index is 0.564. The highest BCUT2D eigenvalue weighted by atomic mass is 35.5. The van der Waals surface area contributed by atoms with Crippen molar-refractivity contribution in [2.24, 2.45) is 5.92 Å². The van der Waals surface area contributed by atoms with Gasteiger partial charge in [-0.15, -0.1) is 0 Å². The van der Waals surface area contributed by atoms with E-state index in [2.05, 4.69) is 22.3 Å². The van der Waals surface area contributed by atoms with E-state index in [-0.39, 0.29) is 0 Å². The van der Waals surface area contributed by atoms with E-state index in [1.807, 2.05) is 24.3 Å². The SMILES string of the molecule is Nc1cc(-c2ccc(Cl)c(Cl)c2)cc(N2C[C@H]3CCCN[C@H]3C2)c1. The van der Waals surface area contributed by atoms with Crippen molar-refractivity contribution in [2.45, 2.75) is 18.9 Å². The van der Waals surface area contributed by atoms with Crippen LogP contribution in [0.3, 0.4) is 0 Å². The molecule has 2 aliphatic rings. The van der Waals surface area contributed by atoms with E-state index in [1.54, 1.807) is 0 Å². The third-order valence-corrected chi connectivity index (χ3v) is 5.90. The molecular formula is C19H21Cl2N3. The van der Waals surface area contributed by atoms with E-state index in [0.717, 1.165) is 42.4 Å². The number of nitrogens with one attached hydrogen (secondary N) is 1. The standard InChI is InChI=1S/C19H21Cl2N3/c20-17-4-3-12(8-18(17)21)14-6-15(22)9-16(7-14)24-10-13-2-1-5-23-19(13)11-24/h3-4,6-9,13,19,23H,1-2,5,10-11,22H2/t13-,19+/m1/s1. The number of nitrogen functional groups attached to an aromatic ring is 1. The van der Waals surface area contributed by atoms with Crippen LogP contribution in [0, 0.1) is 5.92 Å². The smallest absolute Gasteiger partial charge is 0.0598 e. The molecule has 2 aliphatic heterocycles. The lowest BCUT2D eigenvalue weighted by Gasteiger charge is -2.24. The van der Waals surface area contributed by atoms with Crippen LogP contribution in [0.2, 0.25) is 10.0 Å². The number of halogens is 2. The molecule has 2 aromatic carbocycles. The Hall–Kier alpha value is -1.42. The van der Waals surface area contributed by atoms with Crippen LogP contribution in [-0.2, 0) is 0 Å². The van der Waals surface area contributed by atoms with Crippen molar-refractivity contribution in [3.63, 3.8) is 0 Å². The number of benzene rings is 2. The van der Waals surface area contributed by atoms with Gasteiger partial charge in [0, 0.05) is 30.5 Å². The summed E-state index contributed by atoms with van der Waals surface area (Å²) in [7, 11) is 0. The Kier molecular flexibility index (Phi) is 4.33. The fraction of sp³-hybridized carbons (Fsp3) is 0.368. The molecule has 0 spiro atoms. The zero-order valence-electron chi connectivity index (χ0n) is 13.4. The first kappa shape index (κ1) is 16.1. The number of hydrogen-bond acceptors (Lipinski definition) is 3. The van der Waals surface area contributed by atoms with Crippen molar-refractivity contribution < 1.29 is 0 Å². The van der Waals surface area contributed by atoms with Crippen molar-refractivity contribution in [2.75, 3.05) is 30.3 Å². The summed E-state index contributed by atoms with van der Waals surface area (Å²) in [6.07, 6.45) is 2.59. The van der Waals surface area contributed by atoms with E-state index in [0.29, 0.717) is 16.1 Å². The maximum absolute atomic E-state index is 6.18. The lowest BCUT2D eigenvalue weighted by Crippen LogP contribution is -2.40. The van der Waals surface area contributed by atoms with E-state index in [4.69, 9.17) is 28.9 Å². The lowest BCUT2D eigenvalue weighted by molar-refractivity contribution is 0.340. The van der Waals surface area contributed by atoms with Gasteiger partial charge < -0.3 is 16.0 Å². The van der Waals surface area contributed by atoms with Gasteiger partial charge in [0.2, 0.25) is 0 Å². The molecule has 3 N–H and O–H groups in total. The first-order chi connectivity index (χ1) is 11.6. The quantitative estimate of drug-likeness (QED) is 0.777. The Labute approximate surface area is 152 Å². The maximum Gasteiger partial charge on any atom is 0.0598 e. The van der Waals surface area contributed by atoms with Gasteiger partial charge in [-0.2, -0.15) is 0 Å². The highest BCUT2D eigenvalue weighted by molar-refractivity contribution is 6.42. The minimum atomic E-state index is 0.564. The fourth-order valence-electron chi connectivity index (χ4n) is 3.92. The molecule has 0 radical (unpaired) electrons. The largest absolute Gasteiger partial charge is 0.399 e. The number of fused-ring (bicyclic) bond motifs is 1. The average molecular weight is 362 g/mol. The molecule has 0 amide bonds. The van der Waals surface area contributed by atoms with Gasteiger partial charge >= 0.3 is 0 Å². The van der Waals surface area contributed by atoms with Crippen molar-refractivity contribution in [3.05, 3.63) is 46.4 Å². The second-order valence-corrected chi connectivity index (χ2v) is 7.62. The molecule has 2 atom stereocenters. The Morgan fingerprint density at radius 1 is 1.00 bits per heavy atom. The van der Waals surface area contributed by atoms with Crippen LogP contribution in [0.5, 0.6) is 0 Å². The summed E-state index contributed by atoms with van der Waals surface area (Å²) in [6, 6.07) is 12.6. The topological polar surface area (TPSA) is 41.3 Å². The Balaban J connectivity index is 1.65. The number of nitrogens with two attached hydrogens (primary N) is 1. The summed E-state index contributed by atoms with van der Waals surface area (Å²) in [6.45, 7) is 3.29. The first-order valence-electron chi connectivity index (χ1n) is 8.44. The molecule has 2 heterocycles. The normalized spacial score (nSPS) is 23.3. The highest BCUT2D eigenvalue weighted by Crippen LogP contribution is 2.35. The van der Waals surface area contributed by atoms with Crippen LogP contribution in [0.1, 0.15) is 12.8 Å². The summed E-state index contributed by atoms with van der Waals surface area (Å²) in [5.74, 6) is 0.744. The lowest BCUT2D eigenvalue weighted by atomic mass is 9.94. The molecule has 2 saturated heterocycles. The summed E-state index contributed by atoms with van der Waals surface area (Å²) in [5, 5.41) is 4.78. The summed E-state index contributed by atoms with van der Waals surface area (Å²) >= 11 is 12.2. The Bertz CT molecular complexity index is 748. The second kappa shape index (κ2) is 6.47. The zero-order chi connectivity index (χ0) is 16.7. The number of nitrogens with zero attached hydrogens (tertiary/aromatic N) is 1. The maximum atomic E-state index is 6.18. The molecule has 126 valence electrons. The van der Waals surface area contributed by atoms with Crippen LogP contribution >= 0.6 is 23.2 Å².